The Bertz CT molecular complexity index is 514. The van der Waals surface area contributed by atoms with Crippen LogP contribution in [0, 0.1) is 5.92 Å². The largest absolute Gasteiger partial charge is 0.481 e. The molecule has 0 radical (unpaired) electrons. The second kappa shape index (κ2) is 6.15. The van der Waals surface area contributed by atoms with Gasteiger partial charge in [0.25, 0.3) is 5.91 Å². The summed E-state index contributed by atoms with van der Waals surface area (Å²) in [4.78, 5) is 35.7. The molecule has 1 aliphatic rings. The van der Waals surface area contributed by atoms with E-state index in [1.54, 1.807) is 24.4 Å². The molecule has 2 unspecified atom stereocenters. The van der Waals surface area contributed by atoms with E-state index >= 15 is 0 Å². The zero-order valence-electron chi connectivity index (χ0n) is 11.0. The lowest BCUT2D eigenvalue weighted by atomic mass is 9.96. The van der Waals surface area contributed by atoms with E-state index in [-0.39, 0.29) is 18.1 Å². The smallest absolute Gasteiger partial charge is 0.308 e. The van der Waals surface area contributed by atoms with Crippen LogP contribution in [0.3, 0.4) is 0 Å². The van der Waals surface area contributed by atoms with Crippen LogP contribution in [0.1, 0.15) is 29.4 Å². The summed E-state index contributed by atoms with van der Waals surface area (Å²) in [5, 5.41) is 12.4. The predicted molar refractivity (Wildman–Crippen MR) is 73.3 cm³/mol. The molecular formula is C13H16N2O4S. The standard InChI is InChI=1S/C13H16N2O4S/c1-2-9(16)11-8(13(18)19)5-6-15(11)14-12(17)10-4-3-7-20-10/h3-4,7-8,11H,2,5-6H2,1H3,(H,14,17)(H,18,19). The number of aliphatic carboxylic acids is 1. The zero-order chi connectivity index (χ0) is 14.7. The second-order valence-electron chi connectivity index (χ2n) is 4.61. The molecule has 2 rings (SSSR count). The third kappa shape index (κ3) is 2.88. The highest BCUT2D eigenvalue weighted by Crippen LogP contribution is 2.25. The van der Waals surface area contributed by atoms with Gasteiger partial charge in [0.05, 0.1) is 10.8 Å². The fraction of sp³-hybridized carbons (Fsp3) is 0.462. The Morgan fingerprint density at radius 1 is 1.50 bits per heavy atom. The monoisotopic (exact) mass is 296 g/mol. The van der Waals surface area contributed by atoms with Gasteiger partial charge < -0.3 is 5.11 Å². The topological polar surface area (TPSA) is 86.7 Å². The lowest BCUT2D eigenvalue weighted by molar-refractivity contribution is -0.145. The number of rotatable bonds is 5. The number of hydrazine groups is 1. The molecule has 20 heavy (non-hydrogen) atoms. The Balaban J connectivity index is 2.12. The number of nitrogens with one attached hydrogen (secondary N) is 1. The van der Waals surface area contributed by atoms with Gasteiger partial charge in [-0.1, -0.05) is 13.0 Å². The number of Topliss-reactive ketones (excluding diaryl/α,β-unsaturated/α-hetero) is 1. The van der Waals surface area contributed by atoms with Crippen LogP contribution in [-0.2, 0) is 9.59 Å². The number of thiophene rings is 1. The van der Waals surface area contributed by atoms with Crippen LogP contribution >= 0.6 is 11.3 Å². The van der Waals surface area contributed by atoms with Gasteiger partial charge in [0.15, 0.2) is 5.78 Å². The number of carbonyl (C=O) groups excluding carboxylic acids is 2. The summed E-state index contributed by atoms with van der Waals surface area (Å²) < 4.78 is 0. The molecule has 2 N–H and O–H groups in total. The van der Waals surface area contributed by atoms with Gasteiger partial charge in [0.1, 0.15) is 6.04 Å². The number of carbonyl (C=O) groups is 3. The van der Waals surface area contributed by atoms with Crippen molar-refractivity contribution in [1.29, 1.82) is 0 Å². The van der Waals surface area contributed by atoms with Crippen molar-refractivity contribution in [3.63, 3.8) is 0 Å². The van der Waals surface area contributed by atoms with E-state index in [1.807, 2.05) is 0 Å². The van der Waals surface area contributed by atoms with Gasteiger partial charge in [-0.15, -0.1) is 11.3 Å². The van der Waals surface area contributed by atoms with Crippen molar-refractivity contribution in [2.45, 2.75) is 25.8 Å². The number of hydrogen-bond donors (Lipinski definition) is 2. The lowest BCUT2D eigenvalue weighted by Gasteiger charge is -2.25. The highest BCUT2D eigenvalue weighted by molar-refractivity contribution is 7.12. The van der Waals surface area contributed by atoms with Crippen LogP contribution in [0.5, 0.6) is 0 Å². The van der Waals surface area contributed by atoms with E-state index in [0.29, 0.717) is 17.8 Å². The SMILES string of the molecule is CCC(=O)C1C(C(=O)O)CCN1NC(=O)c1cccs1. The van der Waals surface area contributed by atoms with Gasteiger partial charge in [-0.05, 0) is 17.9 Å². The molecule has 108 valence electrons. The quantitative estimate of drug-likeness (QED) is 0.851. The first-order valence-corrected chi connectivity index (χ1v) is 7.29. The molecule has 0 aliphatic carbocycles. The van der Waals surface area contributed by atoms with Crippen molar-refractivity contribution in [3.05, 3.63) is 22.4 Å². The molecule has 0 bridgehead atoms. The van der Waals surface area contributed by atoms with E-state index < -0.39 is 17.9 Å². The Kier molecular flexibility index (Phi) is 4.51. The number of hydrogen-bond acceptors (Lipinski definition) is 5. The fourth-order valence-electron chi connectivity index (χ4n) is 2.38. The maximum Gasteiger partial charge on any atom is 0.308 e. The minimum absolute atomic E-state index is 0.165. The molecule has 2 heterocycles. The first kappa shape index (κ1) is 14.7. The van der Waals surface area contributed by atoms with Crippen LogP contribution in [0.25, 0.3) is 0 Å². The first-order chi connectivity index (χ1) is 9.54. The molecule has 1 amide bonds. The minimum Gasteiger partial charge on any atom is -0.481 e. The summed E-state index contributed by atoms with van der Waals surface area (Å²) in [7, 11) is 0. The third-order valence-electron chi connectivity index (χ3n) is 3.38. The zero-order valence-corrected chi connectivity index (χ0v) is 11.9. The van der Waals surface area contributed by atoms with Gasteiger partial charge in [-0.3, -0.25) is 19.8 Å². The molecule has 1 aromatic rings. The van der Waals surface area contributed by atoms with Gasteiger partial charge in [0, 0.05) is 13.0 Å². The van der Waals surface area contributed by atoms with E-state index in [0.717, 1.165) is 0 Å². The molecule has 1 saturated heterocycles. The molecule has 1 aliphatic heterocycles. The number of ketones is 1. The van der Waals surface area contributed by atoms with Gasteiger partial charge in [0.2, 0.25) is 0 Å². The van der Waals surface area contributed by atoms with Crippen LogP contribution < -0.4 is 5.43 Å². The highest BCUT2D eigenvalue weighted by Gasteiger charge is 2.43. The molecule has 1 fully saturated rings. The summed E-state index contributed by atoms with van der Waals surface area (Å²) in [5.74, 6) is -2.22. The summed E-state index contributed by atoms with van der Waals surface area (Å²) >= 11 is 1.30. The van der Waals surface area contributed by atoms with E-state index in [4.69, 9.17) is 0 Å². The van der Waals surface area contributed by atoms with Crippen molar-refractivity contribution < 1.29 is 19.5 Å². The van der Waals surface area contributed by atoms with Crippen molar-refractivity contribution in [3.8, 4) is 0 Å². The predicted octanol–water partition coefficient (Wildman–Crippen LogP) is 1.15. The first-order valence-electron chi connectivity index (χ1n) is 6.41. The van der Waals surface area contributed by atoms with E-state index in [2.05, 4.69) is 5.43 Å². The Labute approximate surface area is 120 Å². The molecular weight excluding hydrogens is 280 g/mol. The van der Waals surface area contributed by atoms with Crippen LogP contribution in [0.2, 0.25) is 0 Å². The van der Waals surface area contributed by atoms with Gasteiger partial charge >= 0.3 is 5.97 Å². The van der Waals surface area contributed by atoms with E-state index in [1.165, 1.54) is 16.3 Å². The molecule has 2 atom stereocenters. The molecule has 1 aromatic heterocycles. The maximum absolute atomic E-state index is 12.0. The minimum atomic E-state index is -0.996. The van der Waals surface area contributed by atoms with Crippen molar-refractivity contribution in [2.75, 3.05) is 6.54 Å². The van der Waals surface area contributed by atoms with Crippen LogP contribution in [0.15, 0.2) is 17.5 Å². The van der Waals surface area contributed by atoms with Gasteiger partial charge in [-0.2, -0.15) is 0 Å². The lowest BCUT2D eigenvalue weighted by Crippen LogP contribution is -2.50. The molecule has 7 heteroatoms. The number of nitrogens with zero attached hydrogens (tertiary/aromatic N) is 1. The maximum atomic E-state index is 12.0. The van der Waals surface area contributed by atoms with Crippen LogP contribution in [-0.4, -0.2) is 40.4 Å². The van der Waals surface area contributed by atoms with Crippen LogP contribution in [0.4, 0.5) is 0 Å². The summed E-state index contributed by atoms with van der Waals surface area (Å²) in [6, 6.07) is 2.67. The summed E-state index contributed by atoms with van der Waals surface area (Å²) in [6.07, 6.45) is 0.607. The summed E-state index contributed by atoms with van der Waals surface area (Å²) in [6.45, 7) is 2.06. The second-order valence-corrected chi connectivity index (χ2v) is 5.56. The Morgan fingerprint density at radius 3 is 2.80 bits per heavy atom. The van der Waals surface area contributed by atoms with E-state index in [9.17, 15) is 19.5 Å². The average Bonchev–Trinajstić information content (AvgIpc) is 3.06. The van der Waals surface area contributed by atoms with Crippen molar-refractivity contribution >= 4 is 29.0 Å². The third-order valence-corrected chi connectivity index (χ3v) is 4.25. The van der Waals surface area contributed by atoms with Crippen molar-refractivity contribution in [2.24, 2.45) is 5.92 Å². The number of amides is 1. The molecule has 6 nitrogen and oxygen atoms in total. The number of carboxylic acid groups (broad SMARTS) is 1. The Hall–Kier alpha value is -1.73. The highest BCUT2D eigenvalue weighted by atomic mass is 32.1. The summed E-state index contributed by atoms with van der Waals surface area (Å²) in [5.41, 5.74) is 2.65. The normalized spacial score (nSPS) is 22.6. The molecule has 0 aromatic carbocycles. The van der Waals surface area contributed by atoms with Gasteiger partial charge in [-0.25, -0.2) is 5.01 Å². The fourth-order valence-corrected chi connectivity index (χ4v) is 2.99. The van der Waals surface area contributed by atoms with Crippen molar-refractivity contribution in [1.82, 2.24) is 10.4 Å². The Morgan fingerprint density at radius 2 is 2.25 bits per heavy atom. The molecule has 0 spiro atoms. The molecule has 0 saturated carbocycles. The average molecular weight is 296 g/mol. The number of carboxylic acids is 1.